The SMILES string of the molecule is Cc1cc(C)c2oc(-c3cc[n+](Cc4ccccc4F)cc3)nc2c1. The molecule has 4 aromatic rings. The van der Waals surface area contributed by atoms with E-state index in [0.717, 1.165) is 22.2 Å². The molecule has 25 heavy (non-hydrogen) atoms. The van der Waals surface area contributed by atoms with E-state index in [1.807, 2.05) is 48.1 Å². The van der Waals surface area contributed by atoms with Crippen molar-refractivity contribution in [1.82, 2.24) is 4.98 Å². The Bertz CT molecular complexity index is 1050. The van der Waals surface area contributed by atoms with Gasteiger partial charge in [0.2, 0.25) is 5.89 Å². The third kappa shape index (κ3) is 3.03. The molecule has 0 radical (unpaired) electrons. The Kier molecular flexibility index (Phi) is 3.80. The number of hydrogen-bond donors (Lipinski definition) is 0. The van der Waals surface area contributed by atoms with Gasteiger partial charge in [-0.25, -0.2) is 13.9 Å². The molecule has 0 fully saturated rings. The monoisotopic (exact) mass is 333 g/mol. The van der Waals surface area contributed by atoms with Gasteiger partial charge in [-0.3, -0.25) is 0 Å². The Morgan fingerprint density at radius 2 is 1.80 bits per heavy atom. The summed E-state index contributed by atoms with van der Waals surface area (Å²) < 4.78 is 21.6. The summed E-state index contributed by atoms with van der Waals surface area (Å²) in [6.45, 7) is 4.56. The Labute approximate surface area is 145 Å². The lowest BCUT2D eigenvalue weighted by Crippen LogP contribution is -2.33. The van der Waals surface area contributed by atoms with Crippen molar-refractivity contribution in [1.29, 1.82) is 0 Å². The van der Waals surface area contributed by atoms with E-state index in [4.69, 9.17) is 4.42 Å². The standard InChI is InChI=1S/C21H18FN2O/c1-14-11-15(2)20-19(12-14)23-21(25-20)16-7-9-24(10-8-16)13-17-5-3-4-6-18(17)22/h3-12H,13H2,1-2H3/q+1. The molecule has 124 valence electrons. The number of fused-ring (bicyclic) bond motifs is 1. The summed E-state index contributed by atoms with van der Waals surface area (Å²) in [5, 5.41) is 0. The lowest BCUT2D eigenvalue weighted by Gasteiger charge is -2.00. The van der Waals surface area contributed by atoms with E-state index in [0.29, 0.717) is 18.0 Å². The van der Waals surface area contributed by atoms with Gasteiger partial charge in [-0.05, 0) is 43.2 Å². The van der Waals surface area contributed by atoms with Crippen molar-refractivity contribution >= 4 is 11.1 Å². The number of benzene rings is 2. The van der Waals surface area contributed by atoms with Crippen LogP contribution in [0.15, 0.2) is 65.3 Å². The first-order valence-electron chi connectivity index (χ1n) is 8.21. The molecular weight excluding hydrogens is 315 g/mol. The predicted molar refractivity (Wildman–Crippen MR) is 94.6 cm³/mol. The second kappa shape index (κ2) is 6.13. The summed E-state index contributed by atoms with van der Waals surface area (Å²) in [4.78, 5) is 4.60. The van der Waals surface area contributed by atoms with E-state index in [2.05, 4.69) is 18.0 Å². The van der Waals surface area contributed by atoms with Crippen LogP contribution in [0.3, 0.4) is 0 Å². The van der Waals surface area contributed by atoms with Crippen molar-refractivity contribution in [3.8, 4) is 11.5 Å². The number of rotatable bonds is 3. The minimum absolute atomic E-state index is 0.191. The smallest absolute Gasteiger partial charge is 0.227 e. The highest BCUT2D eigenvalue weighted by molar-refractivity contribution is 5.79. The van der Waals surface area contributed by atoms with Crippen LogP contribution in [0.4, 0.5) is 4.39 Å². The van der Waals surface area contributed by atoms with E-state index in [-0.39, 0.29) is 5.82 Å². The topological polar surface area (TPSA) is 29.9 Å². The van der Waals surface area contributed by atoms with Gasteiger partial charge in [0.15, 0.2) is 24.5 Å². The molecule has 4 rings (SSSR count). The Balaban J connectivity index is 1.64. The highest BCUT2D eigenvalue weighted by Crippen LogP contribution is 2.26. The summed E-state index contributed by atoms with van der Waals surface area (Å²) >= 11 is 0. The van der Waals surface area contributed by atoms with Crippen LogP contribution in [0.5, 0.6) is 0 Å². The van der Waals surface area contributed by atoms with Crippen molar-refractivity contribution < 1.29 is 13.4 Å². The van der Waals surface area contributed by atoms with Crippen molar-refractivity contribution in [3.05, 3.63) is 83.4 Å². The largest absolute Gasteiger partial charge is 0.436 e. The van der Waals surface area contributed by atoms with E-state index in [1.165, 1.54) is 11.6 Å². The van der Waals surface area contributed by atoms with Gasteiger partial charge in [-0.15, -0.1) is 0 Å². The average molecular weight is 333 g/mol. The summed E-state index contributed by atoms with van der Waals surface area (Å²) in [6, 6.07) is 14.8. The van der Waals surface area contributed by atoms with Crippen LogP contribution < -0.4 is 4.57 Å². The molecule has 0 amide bonds. The molecule has 4 heteroatoms. The molecular formula is C21H18FN2O+. The maximum absolute atomic E-state index is 13.8. The third-order valence-electron chi connectivity index (χ3n) is 4.27. The number of pyridine rings is 1. The van der Waals surface area contributed by atoms with Gasteiger partial charge in [0.05, 0.1) is 5.56 Å². The maximum Gasteiger partial charge on any atom is 0.227 e. The predicted octanol–water partition coefficient (Wildman–Crippen LogP) is 4.59. The van der Waals surface area contributed by atoms with Gasteiger partial charge in [-0.2, -0.15) is 0 Å². The summed E-state index contributed by atoms with van der Waals surface area (Å²) in [7, 11) is 0. The van der Waals surface area contributed by atoms with Crippen LogP contribution in [-0.4, -0.2) is 4.98 Å². The first kappa shape index (κ1) is 15.5. The van der Waals surface area contributed by atoms with Crippen molar-refractivity contribution in [2.75, 3.05) is 0 Å². The Morgan fingerprint density at radius 3 is 2.56 bits per heavy atom. The fraction of sp³-hybridized carbons (Fsp3) is 0.143. The van der Waals surface area contributed by atoms with Crippen LogP contribution >= 0.6 is 0 Å². The van der Waals surface area contributed by atoms with Crippen LogP contribution in [-0.2, 0) is 6.54 Å². The molecule has 0 atom stereocenters. The molecule has 0 spiro atoms. The number of halogens is 1. The summed E-state index contributed by atoms with van der Waals surface area (Å²) in [5.74, 6) is 0.408. The van der Waals surface area contributed by atoms with Crippen LogP contribution in [0, 0.1) is 19.7 Å². The Morgan fingerprint density at radius 1 is 1.04 bits per heavy atom. The van der Waals surface area contributed by atoms with E-state index in [9.17, 15) is 4.39 Å². The molecule has 0 saturated carbocycles. The molecule has 2 heterocycles. The van der Waals surface area contributed by atoms with Gasteiger partial charge >= 0.3 is 0 Å². The number of aromatic nitrogens is 2. The van der Waals surface area contributed by atoms with Crippen LogP contribution in [0.25, 0.3) is 22.6 Å². The molecule has 0 saturated heterocycles. The normalized spacial score (nSPS) is 11.2. The van der Waals surface area contributed by atoms with Crippen molar-refractivity contribution in [3.63, 3.8) is 0 Å². The summed E-state index contributed by atoms with van der Waals surface area (Å²) in [6.07, 6.45) is 3.82. The average Bonchev–Trinajstić information content (AvgIpc) is 3.02. The second-order valence-electron chi connectivity index (χ2n) is 6.30. The zero-order chi connectivity index (χ0) is 17.4. The molecule has 0 N–H and O–H groups in total. The van der Waals surface area contributed by atoms with Gasteiger partial charge in [0.25, 0.3) is 0 Å². The minimum atomic E-state index is -0.191. The van der Waals surface area contributed by atoms with E-state index in [1.54, 1.807) is 12.1 Å². The lowest BCUT2D eigenvalue weighted by molar-refractivity contribution is -0.688. The number of hydrogen-bond acceptors (Lipinski definition) is 2. The molecule has 0 aliphatic carbocycles. The van der Waals surface area contributed by atoms with Gasteiger partial charge in [-0.1, -0.05) is 18.2 Å². The first-order chi connectivity index (χ1) is 12.1. The Hall–Kier alpha value is -3.01. The van der Waals surface area contributed by atoms with E-state index < -0.39 is 0 Å². The number of aryl methyl sites for hydroxylation is 2. The van der Waals surface area contributed by atoms with Gasteiger partial charge < -0.3 is 4.42 Å². The first-order valence-corrected chi connectivity index (χ1v) is 8.21. The highest BCUT2D eigenvalue weighted by Gasteiger charge is 2.13. The van der Waals surface area contributed by atoms with E-state index >= 15 is 0 Å². The molecule has 0 aliphatic rings. The van der Waals surface area contributed by atoms with Crippen molar-refractivity contribution in [2.45, 2.75) is 20.4 Å². The van der Waals surface area contributed by atoms with Crippen molar-refractivity contribution in [2.24, 2.45) is 0 Å². The van der Waals surface area contributed by atoms with Gasteiger partial charge in [0.1, 0.15) is 11.3 Å². The molecule has 0 bridgehead atoms. The third-order valence-corrected chi connectivity index (χ3v) is 4.27. The zero-order valence-electron chi connectivity index (χ0n) is 14.2. The van der Waals surface area contributed by atoms with Crippen LogP contribution in [0.1, 0.15) is 16.7 Å². The quantitative estimate of drug-likeness (QED) is 0.513. The molecule has 2 aromatic carbocycles. The number of oxazole rings is 1. The molecule has 2 aromatic heterocycles. The fourth-order valence-corrected chi connectivity index (χ4v) is 3.03. The summed E-state index contributed by atoms with van der Waals surface area (Å²) in [5.41, 5.74) is 5.51. The lowest BCUT2D eigenvalue weighted by atomic mass is 10.1. The highest BCUT2D eigenvalue weighted by atomic mass is 19.1. The molecule has 0 unspecified atom stereocenters. The number of nitrogens with zero attached hydrogens (tertiary/aromatic N) is 2. The fourth-order valence-electron chi connectivity index (χ4n) is 3.03. The second-order valence-corrected chi connectivity index (χ2v) is 6.30. The minimum Gasteiger partial charge on any atom is -0.436 e. The maximum atomic E-state index is 13.8. The van der Waals surface area contributed by atoms with Gasteiger partial charge in [0, 0.05) is 17.7 Å². The zero-order valence-corrected chi connectivity index (χ0v) is 14.2. The molecule has 3 nitrogen and oxygen atoms in total. The molecule has 0 aliphatic heterocycles. The van der Waals surface area contributed by atoms with Crippen LogP contribution in [0.2, 0.25) is 0 Å².